The second-order valence-electron chi connectivity index (χ2n) is 5.66. The predicted octanol–water partition coefficient (Wildman–Crippen LogP) is -1.16. The number of aromatic nitrogens is 2. The molecular formula is C14H19N3O6. The van der Waals surface area contributed by atoms with Crippen LogP contribution in [0.5, 0.6) is 0 Å². The lowest BCUT2D eigenvalue weighted by Crippen LogP contribution is -2.37. The van der Waals surface area contributed by atoms with E-state index in [4.69, 9.17) is 5.11 Å². The second kappa shape index (κ2) is 6.78. The van der Waals surface area contributed by atoms with Gasteiger partial charge in [-0.3, -0.25) is 23.9 Å². The van der Waals surface area contributed by atoms with Crippen LogP contribution in [0, 0.1) is 6.92 Å². The zero-order chi connectivity index (χ0) is 17.1. The predicted molar refractivity (Wildman–Crippen MR) is 79.2 cm³/mol. The van der Waals surface area contributed by atoms with E-state index in [0.29, 0.717) is 5.56 Å². The van der Waals surface area contributed by atoms with Gasteiger partial charge in [-0.1, -0.05) is 0 Å². The Hall–Kier alpha value is -2.42. The summed E-state index contributed by atoms with van der Waals surface area (Å²) in [5.41, 5.74) is -0.784. The molecule has 23 heavy (non-hydrogen) atoms. The van der Waals surface area contributed by atoms with Gasteiger partial charge in [-0.2, -0.15) is 0 Å². The Morgan fingerprint density at radius 2 is 2.00 bits per heavy atom. The smallest absolute Gasteiger partial charge is 0.328 e. The van der Waals surface area contributed by atoms with Crippen molar-refractivity contribution in [3.8, 4) is 0 Å². The number of likely N-dealkylation sites (tertiary alicyclic amines) is 1. The zero-order valence-electron chi connectivity index (χ0n) is 12.7. The number of H-pyrrole nitrogens is 1. The number of aromatic amines is 1. The monoisotopic (exact) mass is 325 g/mol. The van der Waals surface area contributed by atoms with E-state index >= 15 is 0 Å². The molecule has 0 saturated carbocycles. The molecule has 2 atom stereocenters. The number of hydrogen-bond acceptors (Lipinski definition) is 5. The summed E-state index contributed by atoms with van der Waals surface area (Å²) in [7, 11) is 0. The molecule has 1 amide bonds. The topological polar surface area (TPSA) is 133 Å². The lowest BCUT2D eigenvalue weighted by molar-refractivity contribution is -0.137. The fourth-order valence-corrected chi connectivity index (χ4v) is 2.63. The Morgan fingerprint density at radius 1 is 1.30 bits per heavy atom. The lowest BCUT2D eigenvalue weighted by Gasteiger charge is -2.17. The van der Waals surface area contributed by atoms with Crippen LogP contribution < -0.4 is 11.2 Å². The number of nitrogens with one attached hydrogen (secondary N) is 1. The van der Waals surface area contributed by atoms with Crippen LogP contribution in [0.3, 0.4) is 0 Å². The first-order chi connectivity index (χ1) is 10.8. The van der Waals surface area contributed by atoms with Crippen LogP contribution in [0.25, 0.3) is 0 Å². The maximum atomic E-state index is 12.0. The van der Waals surface area contributed by atoms with Crippen molar-refractivity contribution < 1.29 is 19.8 Å². The molecule has 2 rings (SSSR count). The van der Waals surface area contributed by atoms with Gasteiger partial charge in [-0.05, 0) is 13.3 Å². The summed E-state index contributed by atoms with van der Waals surface area (Å²) in [4.78, 5) is 49.3. The highest BCUT2D eigenvalue weighted by Crippen LogP contribution is 2.21. The van der Waals surface area contributed by atoms with Gasteiger partial charge in [0.1, 0.15) is 0 Å². The summed E-state index contributed by atoms with van der Waals surface area (Å²) >= 11 is 0. The molecule has 0 spiro atoms. The highest BCUT2D eigenvalue weighted by molar-refractivity contribution is 5.77. The van der Waals surface area contributed by atoms with Gasteiger partial charge in [0.05, 0.1) is 12.1 Å². The molecule has 1 fully saturated rings. The summed E-state index contributed by atoms with van der Waals surface area (Å²) in [5, 5.41) is 18.7. The van der Waals surface area contributed by atoms with E-state index in [1.54, 1.807) is 6.92 Å². The molecule has 1 aromatic heterocycles. The van der Waals surface area contributed by atoms with Crippen LogP contribution in [-0.4, -0.2) is 55.7 Å². The van der Waals surface area contributed by atoms with Gasteiger partial charge < -0.3 is 15.1 Å². The third-order valence-corrected chi connectivity index (χ3v) is 3.90. The van der Waals surface area contributed by atoms with E-state index in [0.717, 1.165) is 0 Å². The SMILES string of the molecule is Cc1cn([C@@H]2CN(C(=O)CCCC(=O)O)C[C@H]2O)c(=O)[nH]c1=O. The number of carbonyl (C=O) groups excluding carboxylic acids is 1. The fourth-order valence-electron chi connectivity index (χ4n) is 2.63. The van der Waals surface area contributed by atoms with Gasteiger partial charge in [-0.25, -0.2) is 4.79 Å². The number of carbonyl (C=O) groups is 2. The van der Waals surface area contributed by atoms with Crippen LogP contribution in [0.4, 0.5) is 0 Å². The molecule has 1 saturated heterocycles. The molecule has 0 aromatic carbocycles. The first-order valence-corrected chi connectivity index (χ1v) is 7.29. The largest absolute Gasteiger partial charge is 0.481 e. The van der Waals surface area contributed by atoms with Crippen molar-refractivity contribution in [1.82, 2.24) is 14.5 Å². The first kappa shape index (κ1) is 16.9. The summed E-state index contributed by atoms with van der Waals surface area (Å²) in [6.45, 7) is 1.75. The number of carboxylic acid groups (broad SMARTS) is 1. The highest BCUT2D eigenvalue weighted by atomic mass is 16.4. The molecular weight excluding hydrogens is 306 g/mol. The van der Waals surface area contributed by atoms with Crippen molar-refractivity contribution in [3.63, 3.8) is 0 Å². The average molecular weight is 325 g/mol. The molecule has 9 heteroatoms. The Balaban J connectivity index is 2.08. The fraction of sp³-hybridized carbons (Fsp3) is 0.571. The number of β-amino-alcohol motifs (C(OH)–C–C–N with tert-alkyl or cyclic N) is 1. The lowest BCUT2D eigenvalue weighted by atomic mass is 10.2. The number of aliphatic carboxylic acids is 1. The quantitative estimate of drug-likeness (QED) is 0.626. The number of hydrogen-bond donors (Lipinski definition) is 3. The van der Waals surface area contributed by atoms with Gasteiger partial charge in [-0.15, -0.1) is 0 Å². The van der Waals surface area contributed by atoms with E-state index in [-0.39, 0.29) is 38.3 Å². The molecule has 126 valence electrons. The highest BCUT2D eigenvalue weighted by Gasteiger charge is 2.35. The van der Waals surface area contributed by atoms with Gasteiger partial charge in [0.25, 0.3) is 5.56 Å². The molecule has 3 N–H and O–H groups in total. The number of amides is 1. The third kappa shape index (κ3) is 3.86. The molecule has 0 bridgehead atoms. The zero-order valence-corrected chi connectivity index (χ0v) is 12.7. The number of carboxylic acids is 1. The summed E-state index contributed by atoms with van der Waals surface area (Å²) in [5.74, 6) is -1.23. The molecule has 0 unspecified atom stereocenters. The second-order valence-corrected chi connectivity index (χ2v) is 5.66. The normalized spacial score (nSPS) is 20.7. The van der Waals surface area contributed by atoms with E-state index < -0.39 is 29.4 Å². The Morgan fingerprint density at radius 3 is 2.65 bits per heavy atom. The number of nitrogens with zero attached hydrogens (tertiary/aromatic N) is 2. The Kier molecular flexibility index (Phi) is 4.99. The molecule has 2 heterocycles. The van der Waals surface area contributed by atoms with Gasteiger partial charge in [0.2, 0.25) is 5.91 Å². The van der Waals surface area contributed by atoms with Crippen molar-refractivity contribution >= 4 is 11.9 Å². The maximum absolute atomic E-state index is 12.0. The van der Waals surface area contributed by atoms with Crippen molar-refractivity contribution in [2.75, 3.05) is 13.1 Å². The first-order valence-electron chi connectivity index (χ1n) is 7.29. The number of rotatable bonds is 5. The van der Waals surface area contributed by atoms with Crippen molar-refractivity contribution in [3.05, 3.63) is 32.6 Å². The minimum Gasteiger partial charge on any atom is -0.481 e. The van der Waals surface area contributed by atoms with Crippen LogP contribution in [0.15, 0.2) is 15.8 Å². The summed E-state index contributed by atoms with van der Waals surface area (Å²) in [6, 6.07) is -0.638. The minimum atomic E-state index is -0.965. The van der Waals surface area contributed by atoms with Crippen molar-refractivity contribution in [2.45, 2.75) is 38.3 Å². The van der Waals surface area contributed by atoms with Crippen LogP contribution in [0.2, 0.25) is 0 Å². The van der Waals surface area contributed by atoms with Crippen molar-refractivity contribution in [1.29, 1.82) is 0 Å². The van der Waals surface area contributed by atoms with Crippen LogP contribution >= 0.6 is 0 Å². The van der Waals surface area contributed by atoms with E-state index in [1.165, 1.54) is 15.7 Å². The summed E-state index contributed by atoms with van der Waals surface area (Å²) < 4.78 is 1.23. The van der Waals surface area contributed by atoms with E-state index in [9.17, 15) is 24.3 Å². The van der Waals surface area contributed by atoms with Gasteiger partial charge in [0, 0.05) is 37.7 Å². The van der Waals surface area contributed by atoms with Crippen molar-refractivity contribution in [2.24, 2.45) is 0 Å². The number of aliphatic hydroxyl groups is 1. The van der Waals surface area contributed by atoms with Crippen LogP contribution in [-0.2, 0) is 9.59 Å². The minimum absolute atomic E-state index is 0.0706. The van der Waals surface area contributed by atoms with Crippen LogP contribution in [0.1, 0.15) is 30.9 Å². The number of aliphatic hydroxyl groups excluding tert-OH is 1. The standard InChI is InChI=1S/C14H19N3O6/c1-8-5-17(14(23)15-13(8)22)9-6-16(7-10(9)18)11(19)3-2-4-12(20)21/h5,9-10,18H,2-4,6-7H2,1H3,(H,20,21)(H,15,22,23)/t9-,10-/m1/s1. The Labute approximate surface area is 131 Å². The van der Waals surface area contributed by atoms with Gasteiger partial charge >= 0.3 is 11.7 Å². The average Bonchev–Trinajstić information content (AvgIpc) is 2.84. The molecule has 1 aliphatic rings. The molecule has 0 aliphatic carbocycles. The number of aryl methyl sites for hydroxylation is 1. The summed E-state index contributed by atoms with van der Waals surface area (Å²) in [6.07, 6.45) is 0.646. The van der Waals surface area contributed by atoms with E-state index in [1.807, 2.05) is 0 Å². The van der Waals surface area contributed by atoms with E-state index in [2.05, 4.69) is 4.98 Å². The maximum Gasteiger partial charge on any atom is 0.328 e. The van der Waals surface area contributed by atoms with Gasteiger partial charge in [0.15, 0.2) is 0 Å². The molecule has 0 radical (unpaired) electrons. The Bertz CT molecular complexity index is 722. The third-order valence-electron chi connectivity index (χ3n) is 3.90. The molecule has 9 nitrogen and oxygen atoms in total. The molecule has 1 aliphatic heterocycles. The molecule has 1 aromatic rings.